The van der Waals surface area contributed by atoms with Crippen molar-refractivity contribution in [2.75, 3.05) is 31.1 Å². The lowest BCUT2D eigenvalue weighted by atomic mass is 10.2. The van der Waals surface area contributed by atoms with Crippen LogP contribution in [0.15, 0.2) is 12.2 Å². The third kappa shape index (κ3) is 4.88. The first kappa shape index (κ1) is 18.5. The number of aromatic nitrogens is 2. The summed E-state index contributed by atoms with van der Waals surface area (Å²) in [6, 6.07) is 0. The summed E-state index contributed by atoms with van der Waals surface area (Å²) in [6.07, 6.45) is 10.1. The smallest absolute Gasteiger partial charge is 0.407 e. The van der Waals surface area contributed by atoms with Crippen LogP contribution in [0.4, 0.5) is 10.6 Å². The molecule has 1 aromatic heterocycles. The van der Waals surface area contributed by atoms with Crippen molar-refractivity contribution in [1.82, 2.24) is 15.5 Å². The van der Waals surface area contributed by atoms with Gasteiger partial charge in [0.15, 0.2) is 5.82 Å². The van der Waals surface area contributed by atoms with E-state index < -0.39 is 11.7 Å². The van der Waals surface area contributed by atoms with Crippen LogP contribution in [0.5, 0.6) is 0 Å². The van der Waals surface area contributed by atoms with E-state index in [2.05, 4.69) is 44.7 Å². The Morgan fingerprint density at radius 1 is 1.46 bits per heavy atom. The van der Waals surface area contributed by atoms with E-state index in [-0.39, 0.29) is 6.10 Å². The monoisotopic (exact) mass is 360 g/mol. The summed E-state index contributed by atoms with van der Waals surface area (Å²) in [5.74, 6) is 0.938. The van der Waals surface area contributed by atoms with E-state index in [1.807, 2.05) is 20.8 Å². The lowest BCUT2D eigenvalue weighted by Crippen LogP contribution is -2.49. The maximum atomic E-state index is 11.8. The SMILES string of the molecule is CC(C)(C)OC(=O)NCC1CN(c2n[nH]c3c2=CC=CCCC=3)CCO1. The van der Waals surface area contributed by atoms with Gasteiger partial charge in [0.25, 0.3) is 0 Å². The fraction of sp³-hybridized carbons (Fsp3) is 0.579. The van der Waals surface area contributed by atoms with Crippen LogP contribution < -0.4 is 20.8 Å². The van der Waals surface area contributed by atoms with Crippen molar-refractivity contribution < 1.29 is 14.3 Å². The topological polar surface area (TPSA) is 79.5 Å². The molecular formula is C19H28N4O3. The average Bonchev–Trinajstić information content (AvgIpc) is 2.93. The Kier molecular flexibility index (Phi) is 5.66. The summed E-state index contributed by atoms with van der Waals surface area (Å²) in [7, 11) is 0. The molecule has 1 atom stereocenters. The number of allylic oxidation sites excluding steroid dienone is 2. The summed E-state index contributed by atoms with van der Waals surface area (Å²) in [6.45, 7) is 7.99. The van der Waals surface area contributed by atoms with Crippen molar-refractivity contribution in [3.63, 3.8) is 0 Å². The van der Waals surface area contributed by atoms with Crippen LogP contribution in [0.25, 0.3) is 12.2 Å². The molecule has 0 radical (unpaired) electrons. The Hall–Kier alpha value is -2.28. The van der Waals surface area contributed by atoms with E-state index in [4.69, 9.17) is 9.47 Å². The lowest BCUT2D eigenvalue weighted by Gasteiger charge is -2.33. The zero-order chi connectivity index (χ0) is 18.6. The number of nitrogens with zero attached hydrogens (tertiary/aromatic N) is 2. The van der Waals surface area contributed by atoms with Gasteiger partial charge in [-0.1, -0.05) is 18.2 Å². The lowest BCUT2D eigenvalue weighted by molar-refractivity contribution is 0.0281. The Labute approximate surface area is 153 Å². The summed E-state index contributed by atoms with van der Waals surface area (Å²) < 4.78 is 11.1. The average molecular weight is 360 g/mol. The summed E-state index contributed by atoms with van der Waals surface area (Å²) in [5, 5.41) is 12.6. The van der Waals surface area contributed by atoms with Gasteiger partial charge in [0.1, 0.15) is 5.60 Å². The first-order chi connectivity index (χ1) is 12.4. The zero-order valence-electron chi connectivity index (χ0n) is 15.7. The molecule has 0 aromatic carbocycles. The molecule has 1 aliphatic carbocycles. The molecule has 2 heterocycles. The van der Waals surface area contributed by atoms with Gasteiger partial charge in [-0.2, -0.15) is 5.10 Å². The number of amides is 1. The predicted molar refractivity (Wildman–Crippen MR) is 101 cm³/mol. The first-order valence-electron chi connectivity index (χ1n) is 9.17. The molecule has 1 amide bonds. The normalized spacial score (nSPS) is 20.3. The molecule has 1 saturated heterocycles. The second kappa shape index (κ2) is 7.95. The van der Waals surface area contributed by atoms with Gasteiger partial charge in [-0.15, -0.1) is 0 Å². The molecule has 3 rings (SSSR count). The molecule has 0 saturated carbocycles. The van der Waals surface area contributed by atoms with Crippen LogP contribution in [-0.2, 0) is 9.47 Å². The van der Waals surface area contributed by atoms with E-state index >= 15 is 0 Å². The maximum absolute atomic E-state index is 11.8. The number of aromatic amines is 1. The van der Waals surface area contributed by atoms with Crippen LogP contribution in [0.3, 0.4) is 0 Å². The van der Waals surface area contributed by atoms with Crippen molar-refractivity contribution in [1.29, 1.82) is 0 Å². The van der Waals surface area contributed by atoms with Crippen LogP contribution in [0, 0.1) is 0 Å². The fourth-order valence-corrected chi connectivity index (χ4v) is 3.05. The Morgan fingerprint density at radius 3 is 3.12 bits per heavy atom. The number of rotatable bonds is 3. The van der Waals surface area contributed by atoms with E-state index in [9.17, 15) is 4.79 Å². The largest absolute Gasteiger partial charge is 0.444 e. The van der Waals surface area contributed by atoms with E-state index in [0.29, 0.717) is 19.7 Å². The van der Waals surface area contributed by atoms with Gasteiger partial charge in [-0.05, 0) is 39.7 Å². The van der Waals surface area contributed by atoms with Crippen molar-refractivity contribution in [2.24, 2.45) is 0 Å². The molecule has 0 bridgehead atoms. The molecule has 1 aromatic rings. The number of morpholine rings is 1. The molecular weight excluding hydrogens is 332 g/mol. The van der Waals surface area contributed by atoms with Crippen molar-refractivity contribution in [2.45, 2.75) is 45.3 Å². The summed E-state index contributed by atoms with van der Waals surface area (Å²) >= 11 is 0. The van der Waals surface area contributed by atoms with E-state index in [0.717, 1.165) is 35.8 Å². The maximum Gasteiger partial charge on any atom is 0.407 e. The van der Waals surface area contributed by atoms with E-state index in [1.54, 1.807) is 0 Å². The number of hydrogen-bond acceptors (Lipinski definition) is 5. The Balaban J connectivity index is 1.65. The molecule has 7 heteroatoms. The molecule has 0 spiro atoms. The molecule has 142 valence electrons. The number of nitrogens with one attached hydrogen (secondary N) is 2. The number of alkyl carbamates (subject to hydrolysis) is 1. The highest BCUT2D eigenvalue weighted by Crippen LogP contribution is 2.11. The molecule has 26 heavy (non-hydrogen) atoms. The Morgan fingerprint density at radius 2 is 2.31 bits per heavy atom. The van der Waals surface area contributed by atoms with Crippen molar-refractivity contribution in [3.05, 3.63) is 22.7 Å². The van der Waals surface area contributed by atoms with Crippen LogP contribution in [0.2, 0.25) is 0 Å². The van der Waals surface area contributed by atoms with Gasteiger partial charge in [-0.25, -0.2) is 4.79 Å². The van der Waals surface area contributed by atoms with Crippen LogP contribution >= 0.6 is 0 Å². The predicted octanol–water partition coefficient (Wildman–Crippen LogP) is 1.05. The fourth-order valence-electron chi connectivity index (χ4n) is 3.05. The molecule has 1 unspecified atom stereocenters. The first-order valence-corrected chi connectivity index (χ1v) is 9.17. The third-order valence-corrected chi connectivity index (χ3v) is 4.21. The number of ether oxygens (including phenoxy) is 2. The number of anilines is 1. The summed E-state index contributed by atoms with van der Waals surface area (Å²) in [4.78, 5) is 14.0. The van der Waals surface area contributed by atoms with Gasteiger partial charge >= 0.3 is 6.09 Å². The quantitative estimate of drug-likeness (QED) is 0.842. The van der Waals surface area contributed by atoms with Gasteiger partial charge in [0, 0.05) is 24.9 Å². The van der Waals surface area contributed by atoms with Gasteiger partial charge in [0.05, 0.1) is 18.1 Å². The highest BCUT2D eigenvalue weighted by atomic mass is 16.6. The van der Waals surface area contributed by atoms with Gasteiger partial charge in [-0.3, -0.25) is 5.10 Å². The molecule has 1 fully saturated rings. The standard InChI is InChI=1S/C19H28N4O3/c1-19(2,3)26-18(24)20-12-14-13-23(10-11-25-14)17-15-8-6-4-5-7-9-16(15)21-22-17/h4,6,8-9,14,21H,5,7,10-13H2,1-3H3,(H,20,24). The van der Waals surface area contributed by atoms with E-state index in [1.165, 1.54) is 0 Å². The highest BCUT2D eigenvalue weighted by Gasteiger charge is 2.24. The number of carbonyl (C=O) groups is 1. The number of hydrogen-bond donors (Lipinski definition) is 2. The minimum absolute atomic E-state index is 0.100. The second-order valence-corrected chi connectivity index (χ2v) is 7.57. The van der Waals surface area contributed by atoms with Gasteiger partial charge < -0.3 is 19.7 Å². The number of carbonyl (C=O) groups excluding carboxylic acids is 1. The number of H-pyrrole nitrogens is 1. The summed E-state index contributed by atoms with van der Waals surface area (Å²) in [5.41, 5.74) is -0.505. The minimum atomic E-state index is -0.505. The Bertz CT molecular complexity index is 776. The highest BCUT2D eigenvalue weighted by molar-refractivity contribution is 5.67. The van der Waals surface area contributed by atoms with Crippen molar-refractivity contribution >= 4 is 24.1 Å². The van der Waals surface area contributed by atoms with Crippen LogP contribution in [0.1, 0.15) is 33.6 Å². The van der Waals surface area contributed by atoms with Crippen LogP contribution in [-0.4, -0.2) is 54.2 Å². The number of fused-ring (bicyclic) bond motifs is 1. The van der Waals surface area contributed by atoms with Crippen molar-refractivity contribution in [3.8, 4) is 0 Å². The molecule has 2 N–H and O–H groups in total. The van der Waals surface area contributed by atoms with Gasteiger partial charge in [0.2, 0.25) is 0 Å². The second-order valence-electron chi connectivity index (χ2n) is 7.57. The zero-order valence-corrected chi connectivity index (χ0v) is 15.7. The molecule has 1 aliphatic heterocycles. The molecule has 2 aliphatic rings. The minimum Gasteiger partial charge on any atom is -0.444 e. The third-order valence-electron chi connectivity index (χ3n) is 4.21. The molecule has 7 nitrogen and oxygen atoms in total.